The topological polar surface area (TPSA) is 65.5 Å². The van der Waals surface area contributed by atoms with Crippen molar-refractivity contribution in [1.82, 2.24) is 10.6 Å². The van der Waals surface area contributed by atoms with Crippen LogP contribution >= 0.6 is 24.0 Å². The normalized spacial score (nSPS) is 15.1. The second-order valence-corrected chi connectivity index (χ2v) is 6.67. The van der Waals surface area contributed by atoms with E-state index in [4.69, 9.17) is 4.99 Å². The van der Waals surface area contributed by atoms with Crippen LogP contribution in [-0.4, -0.2) is 24.5 Å². The lowest BCUT2D eigenvalue weighted by Gasteiger charge is -2.24. The molecular formula is C20H33IN4O. The van der Waals surface area contributed by atoms with Crippen molar-refractivity contribution in [1.29, 1.82) is 0 Å². The molecule has 0 bridgehead atoms. The van der Waals surface area contributed by atoms with E-state index in [-0.39, 0.29) is 29.9 Å². The van der Waals surface area contributed by atoms with Crippen LogP contribution in [0.3, 0.4) is 0 Å². The van der Waals surface area contributed by atoms with E-state index in [0.717, 1.165) is 30.2 Å². The number of guanidine groups is 1. The first-order valence-electron chi connectivity index (χ1n) is 9.65. The standard InChI is InChI=1S/C20H32N4O.HI/c1-3-8-19(25)23-18-13-11-16(12-14-18)15-22-20(21-4-2)24-17-9-6-5-7-10-17;/h11-14,17H,3-10,15H2,1-2H3,(H,23,25)(H2,21,22,24);1H. The van der Waals surface area contributed by atoms with E-state index < -0.39 is 0 Å². The van der Waals surface area contributed by atoms with E-state index in [1.165, 1.54) is 32.1 Å². The van der Waals surface area contributed by atoms with E-state index in [0.29, 0.717) is 19.0 Å². The fourth-order valence-electron chi connectivity index (χ4n) is 3.07. The van der Waals surface area contributed by atoms with Gasteiger partial charge in [-0.05, 0) is 43.9 Å². The van der Waals surface area contributed by atoms with E-state index in [9.17, 15) is 4.79 Å². The van der Waals surface area contributed by atoms with E-state index >= 15 is 0 Å². The number of nitrogens with one attached hydrogen (secondary N) is 3. The Morgan fingerprint density at radius 2 is 1.81 bits per heavy atom. The van der Waals surface area contributed by atoms with Gasteiger partial charge in [0.15, 0.2) is 5.96 Å². The fourth-order valence-corrected chi connectivity index (χ4v) is 3.07. The predicted octanol–water partition coefficient (Wildman–Crippen LogP) is 4.43. The Hall–Kier alpha value is -1.31. The lowest BCUT2D eigenvalue weighted by Crippen LogP contribution is -2.44. The van der Waals surface area contributed by atoms with Crippen molar-refractivity contribution in [2.24, 2.45) is 4.99 Å². The Labute approximate surface area is 174 Å². The van der Waals surface area contributed by atoms with Crippen LogP contribution < -0.4 is 16.0 Å². The summed E-state index contributed by atoms with van der Waals surface area (Å²) < 4.78 is 0. The number of carbonyl (C=O) groups excluding carboxylic acids is 1. The summed E-state index contributed by atoms with van der Waals surface area (Å²) in [6, 6.07) is 8.48. The van der Waals surface area contributed by atoms with E-state index in [2.05, 4.69) is 22.9 Å². The van der Waals surface area contributed by atoms with Crippen molar-refractivity contribution in [3.05, 3.63) is 29.8 Å². The van der Waals surface area contributed by atoms with Gasteiger partial charge in [0.25, 0.3) is 0 Å². The maximum Gasteiger partial charge on any atom is 0.224 e. The maximum absolute atomic E-state index is 11.6. The van der Waals surface area contributed by atoms with Gasteiger partial charge in [0, 0.05) is 24.7 Å². The van der Waals surface area contributed by atoms with Crippen LogP contribution in [0.2, 0.25) is 0 Å². The highest BCUT2D eigenvalue weighted by Crippen LogP contribution is 2.17. The molecule has 1 fully saturated rings. The molecule has 3 N–H and O–H groups in total. The summed E-state index contributed by atoms with van der Waals surface area (Å²) in [4.78, 5) is 16.3. The van der Waals surface area contributed by atoms with Crippen LogP contribution in [0.5, 0.6) is 0 Å². The molecule has 1 aromatic rings. The predicted molar refractivity (Wildman–Crippen MR) is 120 cm³/mol. The van der Waals surface area contributed by atoms with Crippen LogP contribution in [0.15, 0.2) is 29.3 Å². The molecule has 0 aliphatic heterocycles. The van der Waals surface area contributed by atoms with Crippen molar-refractivity contribution >= 4 is 41.5 Å². The van der Waals surface area contributed by atoms with Gasteiger partial charge in [0.05, 0.1) is 6.54 Å². The summed E-state index contributed by atoms with van der Waals surface area (Å²) in [6.45, 7) is 5.59. The molecule has 26 heavy (non-hydrogen) atoms. The molecular weight excluding hydrogens is 439 g/mol. The highest BCUT2D eigenvalue weighted by Gasteiger charge is 2.14. The third-order valence-corrected chi connectivity index (χ3v) is 4.42. The van der Waals surface area contributed by atoms with Crippen molar-refractivity contribution in [2.75, 3.05) is 11.9 Å². The Kier molecular flexibility index (Phi) is 11.3. The van der Waals surface area contributed by atoms with Crippen molar-refractivity contribution in [3.8, 4) is 0 Å². The number of amides is 1. The summed E-state index contributed by atoms with van der Waals surface area (Å²) in [5.41, 5.74) is 1.98. The molecule has 1 aliphatic rings. The van der Waals surface area contributed by atoms with Gasteiger partial charge in [0.1, 0.15) is 0 Å². The lowest BCUT2D eigenvalue weighted by atomic mass is 9.96. The summed E-state index contributed by atoms with van der Waals surface area (Å²) in [7, 11) is 0. The first-order valence-corrected chi connectivity index (χ1v) is 9.65. The molecule has 6 heteroatoms. The monoisotopic (exact) mass is 472 g/mol. The first-order chi connectivity index (χ1) is 12.2. The van der Waals surface area contributed by atoms with Gasteiger partial charge in [-0.2, -0.15) is 0 Å². The SMILES string of the molecule is CCCC(=O)Nc1ccc(CN=C(NCC)NC2CCCCC2)cc1.I. The van der Waals surface area contributed by atoms with Crippen molar-refractivity contribution < 1.29 is 4.79 Å². The summed E-state index contributed by atoms with van der Waals surface area (Å²) >= 11 is 0. The van der Waals surface area contributed by atoms with Crippen LogP contribution in [-0.2, 0) is 11.3 Å². The molecule has 0 aromatic heterocycles. The Morgan fingerprint density at radius 1 is 1.12 bits per heavy atom. The molecule has 0 atom stereocenters. The molecule has 0 spiro atoms. The quantitative estimate of drug-likeness (QED) is 0.313. The Bertz CT molecular complexity index is 553. The average Bonchev–Trinajstić information content (AvgIpc) is 2.62. The molecule has 0 unspecified atom stereocenters. The number of hydrogen-bond acceptors (Lipinski definition) is 2. The van der Waals surface area contributed by atoms with Gasteiger partial charge in [-0.3, -0.25) is 4.79 Å². The van der Waals surface area contributed by atoms with E-state index in [1.807, 2.05) is 31.2 Å². The van der Waals surface area contributed by atoms with Gasteiger partial charge >= 0.3 is 0 Å². The number of nitrogens with zero attached hydrogens (tertiary/aromatic N) is 1. The van der Waals surface area contributed by atoms with Gasteiger partial charge in [-0.15, -0.1) is 24.0 Å². The molecule has 1 aliphatic carbocycles. The van der Waals surface area contributed by atoms with Crippen molar-refractivity contribution in [3.63, 3.8) is 0 Å². The van der Waals surface area contributed by atoms with Crippen LogP contribution in [0, 0.1) is 0 Å². The molecule has 2 rings (SSSR count). The fraction of sp³-hybridized carbons (Fsp3) is 0.600. The summed E-state index contributed by atoms with van der Waals surface area (Å²) in [6.07, 6.45) is 7.86. The smallest absolute Gasteiger partial charge is 0.224 e. The number of anilines is 1. The molecule has 146 valence electrons. The van der Waals surface area contributed by atoms with Gasteiger partial charge in [-0.1, -0.05) is 38.3 Å². The van der Waals surface area contributed by atoms with Crippen LogP contribution in [0.25, 0.3) is 0 Å². The zero-order chi connectivity index (χ0) is 17.9. The summed E-state index contributed by atoms with van der Waals surface area (Å²) in [5.74, 6) is 0.967. The minimum Gasteiger partial charge on any atom is -0.357 e. The third-order valence-electron chi connectivity index (χ3n) is 4.42. The Balaban J connectivity index is 0.00000338. The molecule has 0 radical (unpaired) electrons. The van der Waals surface area contributed by atoms with Gasteiger partial charge < -0.3 is 16.0 Å². The maximum atomic E-state index is 11.6. The molecule has 5 nitrogen and oxygen atoms in total. The van der Waals surface area contributed by atoms with Crippen LogP contribution in [0.1, 0.15) is 64.4 Å². The number of hydrogen-bond donors (Lipinski definition) is 3. The minimum atomic E-state index is 0. The molecule has 0 heterocycles. The Morgan fingerprint density at radius 3 is 2.42 bits per heavy atom. The number of carbonyl (C=O) groups is 1. The lowest BCUT2D eigenvalue weighted by molar-refractivity contribution is -0.116. The highest BCUT2D eigenvalue weighted by molar-refractivity contribution is 14.0. The van der Waals surface area contributed by atoms with E-state index in [1.54, 1.807) is 0 Å². The molecule has 1 saturated carbocycles. The third kappa shape index (κ3) is 8.38. The minimum absolute atomic E-state index is 0. The first kappa shape index (κ1) is 22.7. The number of aliphatic imine (C=N–C) groups is 1. The average molecular weight is 472 g/mol. The largest absolute Gasteiger partial charge is 0.357 e. The molecule has 1 aromatic carbocycles. The molecule has 0 saturated heterocycles. The highest BCUT2D eigenvalue weighted by atomic mass is 127. The second kappa shape index (κ2) is 12.9. The number of halogens is 1. The van der Waals surface area contributed by atoms with Crippen LogP contribution in [0.4, 0.5) is 5.69 Å². The zero-order valence-electron chi connectivity index (χ0n) is 16.0. The van der Waals surface area contributed by atoms with Gasteiger partial charge in [-0.25, -0.2) is 4.99 Å². The molecule has 1 amide bonds. The number of benzene rings is 1. The second-order valence-electron chi connectivity index (χ2n) is 6.67. The number of rotatable bonds is 7. The summed E-state index contributed by atoms with van der Waals surface area (Å²) in [5, 5.41) is 9.80. The van der Waals surface area contributed by atoms with Crippen molar-refractivity contribution in [2.45, 2.75) is 71.4 Å². The van der Waals surface area contributed by atoms with Gasteiger partial charge in [0.2, 0.25) is 5.91 Å². The zero-order valence-corrected chi connectivity index (χ0v) is 18.3.